The van der Waals surface area contributed by atoms with Crippen molar-refractivity contribution in [2.24, 2.45) is 0 Å². The Morgan fingerprint density at radius 1 is 1.33 bits per heavy atom. The molecule has 2 aromatic rings. The molecule has 0 aliphatic carbocycles. The van der Waals surface area contributed by atoms with E-state index in [1.54, 1.807) is 12.1 Å². The third kappa shape index (κ3) is 3.40. The van der Waals surface area contributed by atoms with Crippen molar-refractivity contribution in [2.45, 2.75) is 6.42 Å². The molecule has 2 heterocycles. The van der Waals surface area contributed by atoms with Crippen molar-refractivity contribution < 1.29 is 4.79 Å². The van der Waals surface area contributed by atoms with E-state index in [0.717, 1.165) is 30.4 Å². The molecule has 0 saturated heterocycles. The van der Waals surface area contributed by atoms with Gasteiger partial charge < -0.3 is 10.6 Å². The molecule has 1 aromatic heterocycles. The second-order valence-electron chi connectivity index (χ2n) is 5.03. The van der Waals surface area contributed by atoms with Gasteiger partial charge in [-0.05, 0) is 31.2 Å². The van der Waals surface area contributed by atoms with E-state index in [4.69, 9.17) is 11.6 Å². The lowest BCUT2D eigenvalue weighted by molar-refractivity contribution is 0.0952. The monoisotopic (exact) mass is 301 g/mol. The van der Waals surface area contributed by atoms with Gasteiger partial charge in [-0.3, -0.25) is 4.79 Å². The van der Waals surface area contributed by atoms with Gasteiger partial charge in [-0.2, -0.15) is 0 Å². The number of rotatable bonds is 3. The zero-order valence-electron chi connectivity index (χ0n) is 11.5. The van der Waals surface area contributed by atoms with Crippen LogP contribution >= 0.6 is 11.6 Å². The summed E-state index contributed by atoms with van der Waals surface area (Å²) < 4.78 is 0. The number of aromatic nitrogens is 1. The minimum absolute atomic E-state index is 0.156. The zero-order valence-corrected chi connectivity index (χ0v) is 12.3. The van der Waals surface area contributed by atoms with E-state index in [1.165, 1.54) is 5.57 Å². The fraction of sp³-hybridized carbons (Fsp3) is 0.250. The van der Waals surface area contributed by atoms with E-state index in [0.29, 0.717) is 17.3 Å². The fourth-order valence-corrected chi connectivity index (χ4v) is 2.50. The molecule has 1 aliphatic heterocycles. The Morgan fingerprint density at radius 3 is 3.00 bits per heavy atom. The summed E-state index contributed by atoms with van der Waals surface area (Å²) in [5, 5.41) is 7.75. The molecular formula is C16H16ClN3O. The number of carbonyl (C=O) groups excluding carboxylic acids is 1. The molecule has 108 valence electrons. The van der Waals surface area contributed by atoms with Crippen molar-refractivity contribution in [3.05, 3.63) is 52.7 Å². The molecule has 0 spiro atoms. The molecule has 21 heavy (non-hydrogen) atoms. The number of carbonyl (C=O) groups is 1. The minimum atomic E-state index is -0.156. The highest BCUT2D eigenvalue weighted by Crippen LogP contribution is 2.18. The van der Waals surface area contributed by atoms with Gasteiger partial charge in [-0.25, -0.2) is 4.98 Å². The number of fused-ring (bicyclic) bond motifs is 1. The Labute approximate surface area is 128 Å². The van der Waals surface area contributed by atoms with Crippen LogP contribution < -0.4 is 10.6 Å². The second-order valence-corrected chi connectivity index (χ2v) is 5.47. The number of nitrogens with one attached hydrogen (secondary N) is 2. The molecule has 2 N–H and O–H groups in total. The molecule has 0 atom stereocenters. The van der Waals surface area contributed by atoms with Crippen molar-refractivity contribution in [1.29, 1.82) is 0 Å². The second kappa shape index (κ2) is 6.24. The van der Waals surface area contributed by atoms with Gasteiger partial charge in [0.05, 0.1) is 5.52 Å². The normalized spacial score (nSPS) is 14.8. The van der Waals surface area contributed by atoms with Crippen LogP contribution in [-0.4, -0.2) is 30.5 Å². The maximum absolute atomic E-state index is 12.2. The lowest BCUT2D eigenvalue weighted by Gasteiger charge is -2.14. The number of hydrogen-bond donors (Lipinski definition) is 2. The summed E-state index contributed by atoms with van der Waals surface area (Å²) in [5.74, 6) is -0.156. The number of halogens is 1. The molecule has 0 bridgehead atoms. The molecule has 0 unspecified atom stereocenters. The Morgan fingerprint density at radius 2 is 2.19 bits per heavy atom. The minimum Gasteiger partial charge on any atom is -0.347 e. The molecular weight excluding hydrogens is 286 g/mol. The van der Waals surface area contributed by atoms with Crippen molar-refractivity contribution >= 4 is 28.4 Å². The van der Waals surface area contributed by atoms with Crippen LogP contribution in [0.5, 0.6) is 0 Å². The van der Waals surface area contributed by atoms with Crippen LogP contribution in [0.3, 0.4) is 0 Å². The lowest BCUT2D eigenvalue weighted by atomic mass is 10.1. The van der Waals surface area contributed by atoms with Gasteiger partial charge in [0, 0.05) is 23.5 Å². The summed E-state index contributed by atoms with van der Waals surface area (Å²) in [6.07, 6.45) is 3.10. The van der Waals surface area contributed by atoms with Crippen molar-refractivity contribution in [3.8, 4) is 0 Å². The van der Waals surface area contributed by atoms with Crippen molar-refractivity contribution in [3.63, 3.8) is 0 Å². The van der Waals surface area contributed by atoms with Crippen LogP contribution in [-0.2, 0) is 0 Å². The summed E-state index contributed by atoms with van der Waals surface area (Å²) in [6, 6.07) is 9.10. The Bertz CT molecular complexity index is 712. The van der Waals surface area contributed by atoms with Gasteiger partial charge >= 0.3 is 0 Å². The highest BCUT2D eigenvalue weighted by Gasteiger charge is 2.10. The summed E-state index contributed by atoms with van der Waals surface area (Å²) in [6.45, 7) is 2.42. The van der Waals surface area contributed by atoms with Crippen LogP contribution in [0.15, 0.2) is 42.0 Å². The van der Waals surface area contributed by atoms with E-state index >= 15 is 0 Å². The van der Waals surface area contributed by atoms with E-state index < -0.39 is 0 Å². The van der Waals surface area contributed by atoms with Gasteiger partial charge in [0.1, 0.15) is 5.69 Å². The highest BCUT2D eigenvalue weighted by molar-refractivity contribution is 6.31. The summed E-state index contributed by atoms with van der Waals surface area (Å²) >= 11 is 5.96. The van der Waals surface area contributed by atoms with E-state index in [9.17, 15) is 4.79 Å². The Hall–Kier alpha value is -1.91. The van der Waals surface area contributed by atoms with E-state index in [2.05, 4.69) is 21.7 Å². The molecule has 1 aromatic carbocycles. The number of hydrogen-bond acceptors (Lipinski definition) is 3. The van der Waals surface area contributed by atoms with Gasteiger partial charge in [-0.1, -0.05) is 35.4 Å². The third-order valence-electron chi connectivity index (χ3n) is 3.52. The first kappa shape index (κ1) is 14.0. The van der Waals surface area contributed by atoms with Gasteiger partial charge in [0.2, 0.25) is 0 Å². The summed E-state index contributed by atoms with van der Waals surface area (Å²) in [4.78, 5) is 16.5. The smallest absolute Gasteiger partial charge is 0.270 e. The number of amides is 1. The first-order valence-corrected chi connectivity index (χ1v) is 7.33. The maximum atomic E-state index is 12.2. The summed E-state index contributed by atoms with van der Waals surface area (Å²) in [5.41, 5.74) is 2.40. The average Bonchev–Trinajstić information content (AvgIpc) is 2.53. The predicted octanol–water partition coefficient (Wildman–Crippen LogP) is 2.54. The predicted molar refractivity (Wildman–Crippen MR) is 84.7 cm³/mol. The zero-order chi connectivity index (χ0) is 14.7. The van der Waals surface area contributed by atoms with Gasteiger partial charge in [-0.15, -0.1) is 0 Å². The standard InChI is InChI=1S/C16H16ClN3O/c17-13-3-1-12-2-4-14(20-15(12)9-13)16(21)19-10-11-5-7-18-8-6-11/h1-5,9,18H,6-8,10H2,(H,19,21). The van der Waals surface area contributed by atoms with Gasteiger partial charge in [0.15, 0.2) is 0 Å². The highest BCUT2D eigenvalue weighted by atomic mass is 35.5. The lowest BCUT2D eigenvalue weighted by Crippen LogP contribution is -2.30. The molecule has 0 saturated carbocycles. The Balaban J connectivity index is 1.73. The molecule has 3 rings (SSSR count). The fourth-order valence-electron chi connectivity index (χ4n) is 2.33. The van der Waals surface area contributed by atoms with Crippen LogP contribution in [0.25, 0.3) is 10.9 Å². The molecule has 0 radical (unpaired) electrons. The number of pyridine rings is 1. The molecule has 4 nitrogen and oxygen atoms in total. The van der Waals surface area contributed by atoms with Crippen LogP contribution in [0.1, 0.15) is 16.9 Å². The third-order valence-corrected chi connectivity index (χ3v) is 3.76. The van der Waals surface area contributed by atoms with Crippen molar-refractivity contribution in [1.82, 2.24) is 15.6 Å². The van der Waals surface area contributed by atoms with Gasteiger partial charge in [0.25, 0.3) is 5.91 Å². The number of benzene rings is 1. The largest absolute Gasteiger partial charge is 0.347 e. The molecule has 5 heteroatoms. The molecule has 1 aliphatic rings. The molecule has 0 fully saturated rings. The Kier molecular flexibility index (Phi) is 4.18. The SMILES string of the molecule is O=C(NCC1=CCNCC1)c1ccc2ccc(Cl)cc2n1. The maximum Gasteiger partial charge on any atom is 0.270 e. The first-order valence-electron chi connectivity index (χ1n) is 6.95. The van der Waals surface area contributed by atoms with Crippen molar-refractivity contribution in [2.75, 3.05) is 19.6 Å². The van der Waals surface area contributed by atoms with Crippen LogP contribution in [0.4, 0.5) is 0 Å². The summed E-state index contributed by atoms with van der Waals surface area (Å²) in [7, 11) is 0. The van der Waals surface area contributed by atoms with Crippen LogP contribution in [0, 0.1) is 0 Å². The quantitative estimate of drug-likeness (QED) is 0.857. The number of nitrogens with zero attached hydrogens (tertiary/aromatic N) is 1. The first-order chi connectivity index (χ1) is 10.2. The van der Waals surface area contributed by atoms with Crippen LogP contribution in [0.2, 0.25) is 5.02 Å². The molecule has 1 amide bonds. The average molecular weight is 302 g/mol. The van der Waals surface area contributed by atoms with E-state index in [1.807, 2.05) is 18.2 Å². The topological polar surface area (TPSA) is 54.0 Å². The van der Waals surface area contributed by atoms with E-state index in [-0.39, 0.29) is 5.91 Å².